The Morgan fingerprint density at radius 3 is 2.19 bits per heavy atom. The fourth-order valence-electron chi connectivity index (χ4n) is 2.07. The van der Waals surface area contributed by atoms with Crippen molar-refractivity contribution in [2.24, 2.45) is 11.1 Å². The molecule has 0 radical (unpaired) electrons. The van der Waals surface area contributed by atoms with Gasteiger partial charge in [-0.2, -0.15) is 4.31 Å². The second-order valence-electron chi connectivity index (χ2n) is 6.53. The third-order valence-corrected chi connectivity index (χ3v) is 5.44. The zero-order valence-corrected chi connectivity index (χ0v) is 14.4. The molecule has 0 bridgehead atoms. The summed E-state index contributed by atoms with van der Waals surface area (Å²) in [6.07, 6.45) is 0.657. The predicted octanol–water partition coefficient (Wildman–Crippen LogP) is 2.73. The van der Waals surface area contributed by atoms with E-state index >= 15 is 0 Å². The van der Waals surface area contributed by atoms with Gasteiger partial charge in [0.1, 0.15) is 0 Å². The maximum absolute atomic E-state index is 12.5. The van der Waals surface area contributed by atoms with E-state index in [4.69, 9.17) is 5.73 Å². The Bertz CT molecular complexity index is 548. The van der Waals surface area contributed by atoms with Gasteiger partial charge < -0.3 is 5.73 Å². The van der Waals surface area contributed by atoms with Gasteiger partial charge in [0.15, 0.2) is 0 Å². The maximum Gasteiger partial charge on any atom is 0.214 e. The molecular formula is C16H28N2O2S. The first kappa shape index (κ1) is 18.1. The number of nitrogens with zero attached hydrogens (tertiary/aromatic N) is 1. The molecule has 21 heavy (non-hydrogen) atoms. The number of nitrogens with two attached hydrogens (primary N) is 1. The minimum atomic E-state index is -3.24. The SMILES string of the molecule is CCN(Cc1ccccc1CN)S(=O)(=O)CCC(C)(C)C. The van der Waals surface area contributed by atoms with Gasteiger partial charge in [-0.3, -0.25) is 0 Å². The van der Waals surface area contributed by atoms with Crippen LogP contribution in [0, 0.1) is 5.41 Å². The molecule has 0 atom stereocenters. The Hall–Kier alpha value is -0.910. The van der Waals surface area contributed by atoms with Crippen molar-refractivity contribution in [3.63, 3.8) is 0 Å². The standard InChI is InChI=1S/C16H28N2O2S/c1-5-18(21(19,20)11-10-16(2,3)4)13-15-9-7-6-8-14(15)12-17/h6-9H,5,10-13,17H2,1-4H3. The summed E-state index contributed by atoms with van der Waals surface area (Å²) < 4.78 is 26.6. The molecular weight excluding hydrogens is 284 g/mol. The summed E-state index contributed by atoms with van der Waals surface area (Å²) in [5.41, 5.74) is 7.73. The van der Waals surface area contributed by atoms with Gasteiger partial charge >= 0.3 is 0 Å². The van der Waals surface area contributed by atoms with Gasteiger partial charge in [0.25, 0.3) is 0 Å². The largest absolute Gasteiger partial charge is 0.326 e. The van der Waals surface area contributed by atoms with Crippen molar-refractivity contribution in [2.45, 2.75) is 47.2 Å². The van der Waals surface area contributed by atoms with Crippen LogP contribution in [-0.4, -0.2) is 25.0 Å². The van der Waals surface area contributed by atoms with Gasteiger partial charge in [0, 0.05) is 19.6 Å². The fourth-order valence-corrected chi connectivity index (χ4v) is 3.93. The molecule has 0 aliphatic carbocycles. The highest BCUT2D eigenvalue weighted by Crippen LogP contribution is 2.21. The molecule has 0 heterocycles. The first-order valence-corrected chi connectivity index (χ1v) is 9.05. The molecule has 0 aliphatic heterocycles. The molecule has 120 valence electrons. The van der Waals surface area contributed by atoms with E-state index in [1.807, 2.05) is 31.2 Å². The van der Waals surface area contributed by atoms with Gasteiger partial charge in [0.05, 0.1) is 5.75 Å². The Balaban J connectivity index is 2.87. The van der Waals surface area contributed by atoms with E-state index in [1.54, 1.807) is 4.31 Å². The summed E-state index contributed by atoms with van der Waals surface area (Å²) in [5, 5.41) is 0. The summed E-state index contributed by atoms with van der Waals surface area (Å²) in [7, 11) is -3.24. The predicted molar refractivity (Wildman–Crippen MR) is 88.3 cm³/mol. The van der Waals surface area contributed by atoms with Gasteiger partial charge in [-0.1, -0.05) is 52.0 Å². The molecule has 1 aromatic rings. The third kappa shape index (κ3) is 5.77. The van der Waals surface area contributed by atoms with Crippen molar-refractivity contribution in [1.82, 2.24) is 4.31 Å². The Morgan fingerprint density at radius 1 is 1.14 bits per heavy atom. The van der Waals surface area contributed by atoms with E-state index in [1.165, 1.54) is 0 Å². The molecule has 5 heteroatoms. The van der Waals surface area contributed by atoms with E-state index in [0.717, 1.165) is 11.1 Å². The van der Waals surface area contributed by atoms with Crippen LogP contribution in [0.5, 0.6) is 0 Å². The molecule has 0 unspecified atom stereocenters. The molecule has 0 spiro atoms. The van der Waals surface area contributed by atoms with E-state index in [0.29, 0.717) is 26.1 Å². The number of benzene rings is 1. The Labute approximate surface area is 129 Å². The highest BCUT2D eigenvalue weighted by Gasteiger charge is 2.24. The average molecular weight is 312 g/mol. The lowest BCUT2D eigenvalue weighted by atomic mass is 9.94. The minimum Gasteiger partial charge on any atom is -0.326 e. The lowest BCUT2D eigenvalue weighted by Crippen LogP contribution is -2.34. The molecule has 0 aromatic heterocycles. The quantitative estimate of drug-likeness (QED) is 0.842. The van der Waals surface area contributed by atoms with Crippen LogP contribution in [0.3, 0.4) is 0 Å². The molecule has 0 aliphatic rings. The van der Waals surface area contributed by atoms with Crippen LogP contribution < -0.4 is 5.73 Å². The maximum atomic E-state index is 12.5. The molecule has 0 amide bonds. The topological polar surface area (TPSA) is 63.4 Å². The molecule has 0 fully saturated rings. The number of rotatable bonds is 7. The average Bonchev–Trinajstić information content (AvgIpc) is 2.42. The Kier molecular flexibility index (Phi) is 6.38. The zero-order valence-electron chi connectivity index (χ0n) is 13.6. The molecule has 2 N–H and O–H groups in total. The van der Waals surface area contributed by atoms with Gasteiger partial charge in [-0.15, -0.1) is 0 Å². The van der Waals surface area contributed by atoms with Crippen LogP contribution in [0.4, 0.5) is 0 Å². The van der Waals surface area contributed by atoms with E-state index in [9.17, 15) is 8.42 Å². The fraction of sp³-hybridized carbons (Fsp3) is 0.625. The summed E-state index contributed by atoms with van der Waals surface area (Å²) >= 11 is 0. The zero-order chi connectivity index (χ0) is 16.1. The van der Waals surface area contributed by atoms with Crippen LogP contribution in [-0.2, 0) is 23.1 Å². The van der Waals surface area contributed by atoms with Gasteiger partial charge in [-0.05, 0) is 23.0 Å². The highest BCUT2D eigenvalue weighted by atomic mass is 32.2. The highest BCUT2D eigenvalue weighted by molar-refractivity contribution is 7.89. The first-order valence-electron chi connectivity index (χ1n) is 7.44. The number of hydrogen-bond acceptors (Lipinski definition) is 3. The molecule has 1 aromatic carbocycles. The number of sulfonamides is 1. The summed E-state index contributed by atoms with van der Waals surface area (Å²) in [4.78, 5) is 0. The molecule has 1 rings (SSSR count). The van der Waals surface area contributed by atoms with Gasteiger partial charge in [0.2, 0.25) is 10.0 Å². The molecule has 4 nitrogen and oxygen atoms in total. The van der Waals surface area contributed by atoms with Crippen molar-refractivity contribution >= 4 is 10.0 Å². The number of hydrogen-bond donors (Lipinski definition) is 1. The van der Waals surface area contributed by atoms with Crippen molar-refractivity contribution in [1.29, 1.82) is 0 Å². The van der Waals surface area contributed by atoms with E-state index in [-0.39, 0.29) is 11.2 Å². The van der Waals surface area contributed by atoms with E-state index < -0.39 is 10.0 Å². The second kappa shape index (κ2) is 7.38. The van der Waals surface area contributed by atoms with Crippen molar-refractivity contribution < 1.29 is 8.42 Å². The summed E-state index contributed by atoms with van der Waals surface area (Å²) in [6.45, 7) is 9.35. The van der Waals surface area contributed by atoms with Crippen molar-refractivity contribution in [2.75, 3.05) is 12.3 Å². The smallest absolute Gasteiger partial charge is 0.214 e. The Morgan fingerprint density at radius 2 is 1.71 bits per heavy atom. The van der Waals surface area contributed by atoms with Crippen molar-refractivity contribution in [3.05, 3.63) is 35.4 Å². The van der Waals surface area contributed by atoms with Crippen LogP contribution in [0.2, 0.25) is 0 Å². The summed E-state index contributed by atoms with van der Waals surface area (Å²) in [6, 6.07) is 7.75. The minimum absolute atomic E-state index is 0.0155. The third-order valence-electron chi connectivity index (χ3n) is 3.54. The van der Waals surface area contributed by atoms with E-state index in [2.05, 4.69) is 20.8 Å². The van der Waals surface area contributed by atoms with Crippen LogP contribution in [0.1, 0.15) is 45.2 Å². The molecule has 0 saturated carbocycles. The summed E-state index contributed by atoms with van der Waals surface area (Å²) in [5.74, 6) is 0.190. The van der Waals surface area contributed by atoms with Crippen LogP contribution >= 0.6 is 0 Å². The normalized spacial score (nSPS) is 12.9. The van der Waals surface area contributed by atoms with Crippen LogP contribution in [0.25, 0.3) is 0 Å². The second-order valence-corrected chi connectivity index (χ2v) is 8.61. The van der Waals surface area contributed by atoms with Crippen LogP contribution in [0.15, 0.2) is 24.3 Å². The van der Waals surface area contributed by atoms with Crippen molar-refractivity contribution in [3.8, 4) is 0 Å². The first-order chi connectivity index (χ1) is 9.69. The molecule has 0 saturated heterocycles. The lowest BCUT2D eigenvalue weighted by Gasteiger charge is -2.24. The lowest BCUT2D eigenvalue weighted by molar-refractivity contribution is 0.380. The van der Waals surface area contributed by atoms with Gasteiger partial charge in [-0.25, -0.2) is 8.42 Å². The monoisotopic (exact) mass is 312 g/mol.